The molecule has 0 unspecified atom stereocenters. The normalized spacial score (nSPS) is 12.9. The second-order valence-electron chi connectivity index (χ2n) is 12.4. The minimum atomic E-state index is 0. The van der Waals surface area contributed by atoms with Crippen LogP contribution in [0.5, 0.6) is 11.5 Å². The lowest BCUT2D eigenvalue weighted by Gasteiger charge is -2.32. The third kappa shape index (κ3) is 10.6. The maximum Gasteiger partial charge on any atom is 0.119 e. The third-order valence-electron chi connectivity index (χ3n) is 9.05. The molecule has 0 N–H and O–H groups in total. The Morgan fingerprint density at radius 1 is 0.830 bits per heavy atom. The van der Waals surface area contributed by atoms with E-state index in [4.69, 9.17) is 26.1 Å². The number of halogens is 2. The summed E-state index contributed by atoms with van der Waals surface area (Å²) in [6.45, 7) is 10.2. The summed E-state index contributed by atoms with van der Waals surface area (Å²) >= 11 is 6.01. The number of imidazole rings is 1. The van der Waals surface area contributed by atoms with E-state index >= 15 is 0 Å². The number of rotatable bonds is 16. The van der Waals surface area contributed by atoms with Crippen molar-refractivity contribution in [2.24, 2.45) is 0 Å². The Labute approximate surface area is 303 Å². The van der Waals surface area contributed by atoms with E-state index in [1.807, 2.05) is 36.4 Å². The number of hydrogen-bond donors (Lipinski definition) is 0. The molecule has 0 radical (unpaired) electrons. The van der Waals surface area contributed by atoms with Gasteiger partial charge in [-0.05, 0) is 98.8 Å². The molecule has 0 saturated carbocycles. The molecule has 0 atom stereocenters. The van der Waals surface area contributed by atoms with Crippen LogP contribution in [0, 0.1) is 0 Å². The summed E-state index contributed by atoms with van der Waals surface area (Å²) in [6, 6.07) is 24.6. The van der Waals surface area contributed by atoms with Crippen molar-refractivity contribution in [2.45, 2.75) is 39.5 Å². The van der Waals surface area contributed by atoms with E-state index in [1.54, 1.807) is 0 Å². The van der Waals surface area contributed by atoms with Gasteiger partial charge >= 0.3 is 0 Å². The molecule has 2 heterocycles. The van der Waals surface area contributed by atoms with Crippen molar-refractivity contribution < 1.29 is 37.9 Å². The predicted molar refractivity (Wildman–Crippen MR) is 190 cm³/mol. The molecule has 6 nitrogen and oxygen atoms in total. The van der Waals surface area contributed by atoms with Gasteiger partial charge < -0.3 is 47.4 Å². The van der Waals surface area contributed by atoms with Crippen LogP contribution < -0.4 is 33.5 Å². The maximum atomic E-state index is 6.12. The number of hydrogen-bond acceptors (Lipinski definition) is 4. The molecule has 250 valence electrons. The summed E-state index contributed by atoms with van der Waals surface area (Å²) in [7, 11) is 4.43. The minimum Gasteiger partial charge on any atom is -1.00 e. The molecular formula is C39H48ClIN4O2. The highest BCUT2D eigenvalue weighted by atomic mass is 127. The number of ether oxygens (including phenoxy) is 2. The molecule has 5 rings (SSSR count). The largest absolute Gasteiger partial charge is 1.00 e. The highest BCUT2D eigenvalue weighted by molar-refractivity contribution is 6.30. The fraction of sp³-hybridized carbons (Fsp3) is 0.359. The van der Waals surface area contributed by atoms with Gasteiger partial charge in [0.2, 0.25) is 0 Å². The first-order valence-electron chi connectivity index (χ1n) is 16.5. The summed E-state index contributed by atoms with van der Waals surface area (Å²) in [5.74, 6) is 2.80. The van der Waals surface area contributed by atoms with E-state index in [0.29, 0.717) is 6.61 Å². The average Bonchev–Trinajstić information content (AvgIpc) is 3.51. The highest BCUT2D eigenvalue weighted by Gasteiger charge is 2.16. The molecule has 4 aromatic rings. The van der Waals surface area contributed by atoms with Crippen LogP contribution >= 0.6 is 11.6 Å². The van der Waals surface area contributed by atoms with E-state index < -0.39 is 0 Å². The molecule has 0 bridgehead atoms. The molecule has 8 heteroatoms. The fourth-order valence-corrected chi connectivity index (χ4v) is 5.81. The molecule has 0 fully saturated rings. The number of benzene rings is 3. The Bertz CT molecular complexity index is 1590. The number of nitrogens with zero attached hydrogens (tertiary/aromatic N) is 4. The number of quaternary nitrogens is 1. The molecule has 0 amide bonds. The number of allylic oxidation sites excluding steroid dienone is 2. The minimum absolute atomic E-state index is 0. The van der Waals surface area contributed by atoms with E-state index in [1.165, 1.54) is 11.1 Å². The van der Waals surface area contributed by atoms with Crippen LogP contribution in [0.4, 0.5) is 0 Å². The topological polar surface area (TPSA) is 39.5 Å². The van der Waals surface area contributed by atoms with E-state index in [0.717, 1.165) is 102 Å². The van der Waals surface area contributed by atoms with Gasteiger partial charge in [-0.1, -0.05) is 35.4 Å². The molecule has 1 aliphatic heterocycles. The van der Waals surface area contributed by atoms with Crippen LogP contribution in [0.15, 0.2) is 103 Å². The summed E-state index contributed by atoms with van der Waals surface area (Å²) < 4.78 is 15.5. The summed E-state index contributed by atoms with van der Waals surface area (Å²) in [5, 5.41) is 0.750. The van der Waals surface area contributed by atoms with E-state index in [9.17, 15) is 0 Å². The molecule has 1 aromatic heterocycles. The monoisotopic (exact) mass is 766 g/mol. The van der Waals surface area contributed by atoms with Crippen molar-refractivity contribution in [3.8, 4) is 28.4 Å². The van der Waals surface area contributed by atoms with Gasteiger partial charge in [0, 0.05) is 55.3 Å². The van der Waals surface area contributed by atoms with E-state index in [2.05, 4.69) is 98.4 Å². The molecule has 1 aliphatic rings. The predicted octanol–water partition coefficient (Wildman–Crippen LogP) is 5.39. The van der Waals surface area contributed by atoms with Crippen LogP contribution in [0.2, 0.25) is 5.02 Å². The van der Waals surface area contributed by atoms with Crippen LogP contribution in [0.1, 0.15) is 38.1 Å². The van der Waals surface area contributed by atoms with Gasteiger partial charge in [0.1, 0.15) is 17.3 Å². The molecule has 0 aliphatic carbocycles. The number of aryl methyl sites for hydroxylation is 1. The number of aromatic nitrogens is 2. The summed E-state index contributed by atoms with van der Waals surface area (Å²) in [4.78, 5) is 7.36. The van der Waals surface area contributed by atoms with Gasteiger partial charge in [-0.3, -0.25) is 0 Å². The molecular weight excluding hydrogens is 719 g/mol. The molecule has 0 spiro atoms. The van der Waals surface area contributed by atoms with Gasteiger partial charge in [-0.2, -0.15) is 0 Å². The van der Waals surface area contributed by atoms with Crippen molar-refractivity contribution in [1.82, 2.24) is 14.5 Å². The summed E-state index contributed by atoms with van der Waals surface area (Å²) in [6.07, 6.45) is 12.3. The highest BCUT2D eigenvalue weighted by Crippen LogP contribution is 2.27. The second-order valence-corrected chi connectivity index (χ2v) is 12.9. The maximum absolute atomic E-state index is 6.12. The van der Waals surface area contributed by atoms with Crippen molar-refractivity contribution in [2.75, 3.05) is 53.5 Å². The Kier molecular flexibility index (Phi) is 13.8. The van der Waals surface area contributed by atoms with Gasteiger partial charge in [0.25, 0.3) is 0 Å². The summed E-state index contributed by atoms with van der Waals surface area (Å²) in [5.41, 5.74) is 5.71. The zero-order valence-electron chi connectivity index (χ0n) is 28.2. The standard InChI is InChI=1S/C39H48ClN4O2.HI/c1-5-44(4,6-2)26-8-27-45-37-21-17-35(18-22-37)43-30-38(41-39(43)23-12-32-9-7-25-42(3)29-32)33-13-19-36(20-14-33)46-28-24-31-10-15-34(40)16-11-31;/h7,9-11,13-22,25,30H,5-6,8,12,23-24,26-29H2,1-4H3;1H/q+1;/p-1. The Balaban J connectivity index is 0.00000500. The first-order valence-corrected chi connectivity index (χ1v) is 16.9. The Hall–Kier alpha value is -3.27. The quantitative estimate of drug-likeness (QED) is 0.0872. The molecule has 3 aromatic carbocycles. The van der Waals surface area contributed by atoms with Gasteiger partial charge in [0.05, 0.1) is 45.6 Å². The Morgan fingerprint density at radius 2 is 1.49 bits per heavy atom. The SMILES string of the molecule is CC[N+](C)(CC)CCCOc1ccc(-n2cc(-c3ccc(OCCc4ccc(Cl)cc4)cc3)nc2CCC2=CC=CN(C)C2)cc1.[I-]. The third-order valence-corrected chi connectivity index (χ3v) is 9.30. The Morgan fingerprint density at radius 3 is 2.15 bits per heavy atom. The van der Waals surface area contributed by atoms with Crippen molar-refractivity contribution in [1.29, 1.82) is 0 Å². The zero-order valence-corrected chi connectivity index (χ0v) is 31.1. The van der Waals surface area contributed by atoms with E-state index in [-0.39, 0.29) is 24.0 Å². The van der Waals surface area contributed by atoms with Gasteiger partial charge in [-0.15, -0.1) is 0 Å². The van der Waals surface area contributed by atoms with Gasteiger partial charge in [0.15, 0.2) is 0 Å². The van der Waals surface area contributed by atoms with Crippen LogP contribution in [0.25, 0.3) is 16.9 Å². The molecule has 47 heavy (non-hydrogen) atoms. The van der Waals surface area contributed by atoms with Gasteiger partial charge in [-0.25, -0.2) is 4.98 Å². The van der Waals surface area contributed by atoms with Crippen LogP contribution in [-0.2, 0) is 12.8 Å². The lowest BCUT2D eigenvalue weighted by atomic mass is 10.1. The van der Waals surface area contributed by atoms with Crippen molar-refractivity contribution in [3.05, 3.63) is 119 Å². The molecule has 0 saturated heterocycles. The smallest absolute Gasteiger partial charge is 0.119 e. The van der Waals surface area contributed by atoms with Crippen LogP contribution in [-0.4, -0.2) is 72.4 Å². The van der Waals surface area contributed by atoms with Crippen LogP contribution in [0.3, 0.4) is 0 Å². The first-order chi connectivity index (χ1) is 22.3. The lowest BCUT2D eigenvalue weighted by molar-refractivity contribution is -0.906. The van der Waals surface area contributed by atoms with Crippen molar-refractivity contribution >= 4 is 11.6 Å². The number of likely N-dealkylation sites (N-methyl/N-ethyl adjacent to an activating group) is 1. The lowest BCUT2D eigenvalue weighted by Crippen LogP contribution is -3.00. The fourth-order valence-electron chi connectivity index (χ4n) is 5.68. The zero-order chi connectivity index (χ0) is 32.4. The first kappa shape index (κ1) is 36.6. The van der Waals surface area contributed by atoms with Crippen molar-refractivity contribution in [3.63, 3.8) is 0 Å². The second kappa shape index (κ2) is 17.8. The average molecular weight is 767 g/mol.